The Kier molecular flexibility index (Phi) is 3.76. The summed E-state index contributed by atoms with van der Waals surface area (Å²) in [5, 5.41) is 11.2. The van der Waals surface area contributed by atoms with Crippen LogP contribution in [0.25, 0.3) is 0 Å². The molecule has 5 nitrogen and oxygen atoms in total. The van der Waals surface area contributed by atoms with Gasteiger partial charge >= 0.3 is 0 Å². The smallest absolute Gasteiger partial charge is 0.245 e. The molecule has 1 aromatic rings. The van der Waals surface area contributed by atoms with Crippen molar-refractivity contribution in [2.45, 2.75) is 31.4 Å². The number of β-amino-alcohol motifs (C(OH)–C–C–N with tert-alkyl or cyclic N) is 1. The van der Waals surface area contributed by atoms with Crippen LogP contribution in [0.2, 0.25) is 0 Å². The van der Waals surface area contributed by atoms with E-state index in [1.165, 1.54) is 0 Å². The Morgan fingerprint density at radius 2 is 2.20 bits per heavy atom. The van der Waals surface area contributed by atoms with Crippen LogP contribution in [0.5, 0.6) is 0 Å². The molecule has 3 heterocycles. The molecule has 1 atom stereocenters. The standard InChI is InChI=1S/C14H18N2O3S/c17-10-8-15(9-10)14(19)12-4-1-5-16(12)13(18)7-11-3-2-6-20-11/h2-3,6,10,12,17H,1,4-5,7-9H2. The number of likely N-dealkylation sites (tertiary alicyclic amines) is 2. The molecule has 2 fully saturated rings. The van der Waals surface area contributed by atoms with Crippen LogP contribution in [0.1, 0.15) is 17.7 Å². The molecule has 2 saturated heterocycles. The van der Waals surface area contributed by atoms with Crippen LogP contribution in [0.4, 0.5) is 0 Å². The summed E-state index contributed by atoms with van der Waals surface area (Å²) in [7, 11) is 0. The molecule has 2 aliphatic heterocycles. The molecular formula is C14H18N2O3S. The first-order chi connectivity index (χ1) is 9.65. The maximum absolute atomic E-state index is 12.3. The van der Waals surface area contributed by atoms with Crippen LogP contribution >= 0.6 is 11.3 Å². The number of hydrogen-bond donors (Lipinski definition) is 1. The van der Waals surface area contributed by atoms with Crippen molar-refractivity contribution in [2.24, 2.45) is 0 Å². The normalized spacial score (nSPS) is 22.9. The quantitative estimate of drug-likeness (QED) is 0.882. The molecule has 6 heteroatoms. The highest BCUT2D eigenvalue weighted by atomic mass is 32.1. The van der Waals surface area contributed by atoms with Gasteiger partial charge in [0.25, 0.3) is 0 Å². The van der Waals surface area contributed by atoms with Crippen LogP contribution < -0.4 is 0 Å². The van der Waals surface area contributed by atoms with Gasteiger partial charge in [-0.3, -0.25) is 9.59 Å². The van der Waals surface area contributed by atoms with E-state index < -0.39 is 6.10 Å². The maximum Gasteiger partial charge on any atom is 0.245 e. The van der Waals surface area contributed by atoms with Gasteiger partial charge in [-0.25, -0.2) is 0 Å². The van der Waals surface area contributed by atoms with E-state index in [1.54, 1.807) is 21.1 Å². The molecule has 108 valence electrons. The molecule has 0 radical (unpaired) electrons. The fourth-order valence-electron chi connectivity index (χ4n) is 2.83. The number of carbonyl (C=O) groups is 2. The zero-order valence-corrected chi connectivity index (χ0v) is 12.0. The van der Waals surface area contributed by atoms with Crippen LogP contribution in [0, 0.1) is 0 Å². The fraction of sp³-hybridized carbons (Fsp3) is 0.571. The number of nitrogens with zero attached hydrogens (tertiary/aromatic N) is 2. The first-order valence-corrected chi connectivity index (χ1v) is 7.82. The van der Waals surface area contributed by atoms with Gasteiger partial charge in [-0.15, -0.1) is 11.3 Å². The summed E-state index contributed by atoms with van der Waals surface area (Å²) in [6.45, 7) is 1.47. The van der Waals surface area contributed by atoms with Crippen LogP contribution in [-0.2, 0) is 16.0 Å². The molecular weight excluding hydrogens is 276 g/mol. The highest BCUT2D eigenvalue weighted by Gasteiger charge is 2.39. The predicted octanol–water partition coefficient (Wildman–Crippen LogP) is 0.485. The van der Waals surface area contributed by atoms with E-state index in [0.29, 0.717) is 26.1 Å². The van der Waals surface area contributed by atoms with E-state index in [0.717, 1.165) is 17.7 Å². The first kappa shape index (κ1) is 13.6. The van der Waals surface area contributed by atoms with Gasteiger partial charge in [-0.1, -0.05) is 6.07 Å². The summed E-state index contributed by atoms with van der Waals surface area (Å²) in [6, 6.07) is 3.55. The van der Waals surface area contributed by atoms with Gasteiger partial charge in [0.2, 0.25) is 11.8 Å². The average molecular weight is 294 g/mol. The zero-order chi connectivity index (χ0) is 14.1. The Morgan fingerprint density at radius 3 is 2.85 bits per heavy atom. The van der Waals surface area contributed by atoms with Gasteiger partial charge < -0.3 is 14.9 Å². The van der Waals surface area contributed by atoms with Crippen molar-refractivity contribution in [1.82, 2.24) is 9.80 Å². The van der Waals surface area contributed by atoms with Gasteiger partial charge in [0, 0.05) is 24.5 Å². The molecule has 2 aliphatic rings. The molecule has 2 amide bonds. The molecule has 1 unspecified atom stereocenters. The van der Waals surface area contributed by atoms with Crippen LogP contribution in [-0.4, -0.2) is 58.5 Å². The third-order valence-electron chi connectivity index (χ3n) is 3.94. The molecule has 0 bridgehead atoms. The van der Waals surface area contributed by atoms with Gasteiger partial charge in [0.15, 0.2) is 0 Å². The second kappa shape index (κ2) is 5.54. The summed E-state index contributed by atoms with van der Waals surface area (Å²) in [6.07, 6.45) is 1.60. The largest absolute Gasteiger partial charge is 0.389 e. The summed E-state index contributed by atoms with van der Waals surface area (Å²) in [5.41, 5.74) is 0. The number of carbonyl (C=O) groups excluding carboxylic acids is 2. The zero-order valence-electron chi connectivity index (χ0n) is 11.2. The monoisotopic (exact) mass is 294 g/mol. The highest BCUT2D eigenvalue weighted by molar-refractivity contribution is 7.10. The molecule has 0 aliphatic carbocycles. The number of hydrogen-bond acceptors (Lipinski definition) is 4. The van der Waals surface area contributed by atoms with Gasteiger partial charge in [0.1, 0.15) is 6.04 Å². The number of amides is 2. The lowest BCUT2D eigenvalue weighted by atomic mass is 10.1. The minimum absolute atomic E-state index is 0.00710. The van der Waals surface area contributed by atoms with Gasteiger partial charge in [-0.2, -0.15) is 0 Å². The Morgan fingerprint density at radius 1 is 1.40 bits per heavy atom. The van der Waals surface area contributed by atoms with Crippen LogP contribution in [0.15, 0.2) is 17.5 Å². The third-order valence-corrected chi connectivity index (χ3v) is 4.81. The summed E-state index contributed by atoms with van der Waals surface area (Å²) in [4.78, 5) is 29.0. The van der Waals surface area contributed by atoms with E-state index in [-0.39, 0.29) is 17.9 Å². The lowest BCUT2D eigenvalue weighted by Crippen LogP contribution is -2.58. The van der Waals surface area contributed by atoms with E-state index in [1.807, 2.05) is 17.5 Å². The number of thiophene rings is 1. The van der Waals surface area contributed by atoms with Crippen LogP contribution in [0.3, 0.4) is 0 Å². The Bertz CT molecular complexity index is 497. The fourth-order valence-corrected chi connectivity index (χ4v) is 3.53. The van der Waals surface area contributed by atoms with Crippen molar-refractivity contribution in [3.8, 4) is 0 Å². The van der Waals surface area contributed by atoms with Crippen molar-refractivity contribution < 1.29 is 14.7 Å². The third kappa shape index (κ3) is 2.58. The number of aliphatic hydroxyl groups is 1. The van der Waals surface area contributed by atoms with E-state index in [2.05, 4.69) is 0 Å². The average Bonchev–Trinajstić information content (AvgIpc) is 3.04. The second-order valence-electron chi connectivity index (χ2n) is 5.40. The molecule has 1 N–H and O–H groups in total. The first-order valence-electron chi connectivity index (χ1n) is 6.94. The van der Waals surface area contributed by atoms with E-state index in [4.69, 9.17) is 0 Å². The van der Waals surface area contributed by atoms with Crippen molar-refractivity contribution in [3.63, 3.8) is 0 Å². The predicted molar refractivity (Wildman–Crippen MR) is 75.3 cm³/mol. The summed E-state index contributed by atoms with van der Waals surface area (Å²) in [5.74, 6) is 0.0247. The Balaban J connectivity index is 1.63. The van der Waals surface area contributed by atoms with E-state index >= 15 is 0 Å². The van der Waals surface area contributed by atoms with Crippen molar-refractivity contribution in [2.75, 3.05) is 19.6 Å². The molecule has 20 heavy (non-hydrogen) atoms. The van der Waals surface area contributed by atoms with Crippen molar-refractivity contribution in [3.05, 3.63) is 22.4 Å². The summed E-state index contributed by atoms with van der Waals surface area (Å²) >= 11 is 1.57. The van der Waals surface area contributed by atoms with Crippen molar-refractivity contribution in [1.29, 1.82) is 0 Å². The van der Waals surface area contributed by atoms with E-state index in [9.17, 15) is 14.7 Å². The highest BCUT2D eigenvalue weighted by Crippen LogP contribution is 2.23. The molecule has 0 aromatic carbocycles. The summed E-state index contributed by atoms with van der Waals surface area (Å²) < 4.78 is 0. The Hall–Kier alpha value is -1.40. The van der Waals surface area contributed by atoms with Crippen molar-refractivity contribution >= 4 is 23.2 Å². The minimum Gasteiger partial charge on any atom is -0.389 e. The Labute approximate surface area is 121 Å². The molecule has 0 spiro atoms. The van der Waals surface area contributed by atoms with Gasteiger partial charge in [-0.05, 0) is 24.3 Å². The maximum atomic E-state index is 12.3. The SMILES string of the molecule is O=C(C1CCCN1C(=O)Cc1cccs1)N1CC(O)C1. The molecule has 3 rings (SSSR count). The topological polar surface area (TPSA) is 60.9 Å². The molecule has 0 saturated carbocycles. The van der Waals surface area contributed by atoms with Gasteiger partial charge in [0.05, 0.1) is 12.5 Å². The number of aliphatic hydroxyl groups excluding tert-OH is 1. The lowest BCUT2D eigenvalue weighted by molar-refractivity contribution is -0.150. The number of rotatable bonds is 3. The molecule has 1 aromatic heterocycles. The minimum atomic E-state index is -0.393. The lowest BCUT2D eigenvalue weighted by Gasteiger charge is -2.39. The second-order valence-corrected chi connectivity index (χ2v) is 6.43.